The van der Waals surface area contributed by atoms with Crippen molar-refractivity contribution in [2.45, 2.75) is 19.4 Å². The molecule has 3 heterocycles. The van der Waals surface area contributed by atoms with Gasteiger partial charge < -0.3 is 14.5 Å². The van der Waals surface area contributed by atoms with Gasteiger partial charge >= 0.3 is 0 Å². The Labute approximate surface area is 140 Å². The molecular weight excluding hydrogens is 312 g/mol. The van der Waals surface area contributed by atoms with Gasteiger partial charge in [0.1, 0.15) is 5.76 Å². The van der Waals surface area contributed by atoms with Crippen LogP contribution in [-0.4, -0.2) is 43.7 Å². The van der Waals surface area contributed by atoms with E-state index in [0.29, 0.717) is 12.3 Å². The Kier molecular flexibility index (Phi) is 5.48. The van der Waals surface area contributed by atoms with E-state index in [1.165, 1.54) is 4.88 Å². The fourth-order valence-corrected chi connectivity index (χ4v) is 3.61. The molecule has 1 aliphatic heterocycles. The molecule has 124 valence electrons. The van der Waals surface area contributed by atoms with Gasteiger partial charge in [-0.3, -0.25) is 9.69 Å². The van der Waals surface area contributed by atoms with Crippen molar-refractivity contribution in [1.29, 1.82) is 0 Å². The van der Waals surface area contributed by atoms with Crippen molar-refractivity contribution in [2.24, 2.45) is 0 Å². The summed E-state index contributed by atoms with van der Waals surface area (Å²) in [5, 5.41) is 5.09. The normalized spacial score (nSPS) is 17.1. The van der Waals surface area contributed by atoms with Crippen LogP contribution >= 0.6 is 11.3 Å². The summed E-state index contributed by atoms with van der Waals surface area (Å²) >= 11 is 1.72. The van der Waals surface area contributed by atoms with Crippen LogP contribution in [0, 0.1) is 0 Å². The lowest BCUT2D eigenvalue weighted by Gasteiger charge is -2.34. The smallest absolute Gasteiger partial charge is 0.287 e. The summed E-state index contributed by atoms with van der Waals surface area (Å²) in [5.41, 5.74) is 0. The third-order valence-corrected chi connectivity index (χ3v) is 5.02. The molecule has 6 heteroatoms. The van der Waals surface area contributed by atoms with Gasteiger partial charge in [0, 0.05) is 30.9 Å². The van der Waals surface area contributed by atoms with E-state index in [0.717, 1.165) is 38.5 Å². The minimum Gasteiger partial charge on any atom is -0.456 e. The number of carbonyl (C=O) groups is 1. The maximum Gasteiger partial charge on any atom is 0.287 e. The highest BCUT2D eigenvalue weighted by Gasteiger charge is 2.24. The van der Waals surface area contributed by atoms with Crippen molar-refractivity contribution in [1.82, 2.24) is 10.2 Å². The molecule has 0 spiro atoms. The Balaban J connectivity index is 1.65. The van der Waals surface area contributed by atoms with Crippen molar-refractivity contribution < 1.29 is 13.9 Å². The molecule has 5 nitrogen and oxygen atoms in total. The van der Waals surface area contributed by atoms with E-state index in [1.54, 1.807) is 17.4 Å². The molecule has 1 amide bonds. The lowest BCUT2D eigenvalue weighted by molar-refractivity contribution is 0.0168. The molecule has 1 saturated heterocycles. The molecule has 3 rings (SSSR count). The number of amides is 1. The average molecular weight is 334 g/mol. The van der Waals surface area contributed by atoms with Crippen LogP contribution in [0.25, 0.3) is 0 Å². The first kappa shape index (κ1) is 16.2. The fourth-order valence-electron chi connectivity index (χ4n) is 2.75. The van der Waals surface area contributed by atoms with Gasteiger partial charge in [0.25, 0.3) is 5.91 Å². The zero-order valence-corrected chi connectivity index (χ0v) is 14.1. The summed E-state index contributed by atoms with van der Waals surface area (Å²) in [7, 11) is 0. The SMILES string of the molecule is CCc1ccc(C(=O)NC[C@@H](c2cccs2)N2CCOCC2)o1. The van der Waals surface area contributed by atoms with Crippen LogP contribution in [0.5, 0.6) is 0 Å². The van der Waals surface area contributed by atoms with Gasteiger partial charge in [0.05, 0.1) is 19.3 Å². The summed E-state index contributed by atoms with van der Waals surface area (Å²) in [6.45, 7) is 5.84. The zero-order chi connectivity index (χ0) is 16.1. The first-order chi connectivity index (χ1) is 11.3. The van der Waals surface area contributed by atoms with Gasteiger partial charge in [0.2, 0.25) is 0 Å². The van der Waals surface area contributed by atoms with Crippen LogP contribution in [0.4, 0.5) is 0 Å². The Bertz CT molecular complexity index is 618. The number of hydrogen-bond acceptors (Lipinski definition) is 5. The van der Waals surface area contributed by atoms with E-state index in [2.05, 4.69) is 27.7 Å². The van der Waals surface area contributed by atoms with Gasteiger partial charge in [0.15, 0.2) is 5.76 Å². The van der Waals surface area contributed by atoms with Crippen LogP contribution in [-0.2, 0) is 11.2 Å². The van der Waals surface area contributed by atoms with Crippen LogP contribution in [0.2, 0.25) is 0 Å². The van der Waals surface area contributed by atoms with E-state index in [9.17, 15) is 4.79 Å². The number of furan rings is 1. The van der Waals surface area contributed by atoms with Crippen LogP contribution < -0.4 is 5.32 Å². The van der Waals surface area contributed by atoms with E-state index < -0.39 is 0 Å². The molecule has 1 N–H and O–H groups in total. The van der Waals surface area contributed by atoms with E-state index in [-0.39, 0.29) is 11.9 Å². The molecule has 0 saturated carbocycles. The number of thiophene rings is 1. The predicted molar refractivity (Wildman–Crippen MR) is 89.9 cm³/mol. The Morgan fingerprint density at radius 2 is 2.17 bits per heavy atom. The Morgan fingerprint density at radius 1 is 1.35 bits per heavy atom. The highest BCUT2D eigenvalue weighted by molar-refractivity contribution is 7.10. The number of hydrogen-bond donors (Lipinski definition) is 1. The first-order valence-corrected chi connectivity index (χ1v) is 8.88. The Hall–Kier alpha value is -1.63. The number of rotatable bonds is 6. The third-order valence-electron chi connectivity index (χ3n) is 4.05. The summed E-state index contributed by atoms with van der Waals surface area (Å²) in [6.07, 6.45) is 0.791. The number of ether oxygens (including phenoxy) is 1. The van der Waals surface area contributed by atoms with Gasteiger partial charge in [-0.15, -0.1) is 11.3 Å². The number of nitrogens with zero attached hydrogens (tertiary/aromatic N) is 1. The van der Waals surface area contributed by atoms with Crippen molar-refractivity contribution in [3.63, 3.8) is 0 Å². The van der Waals surface area contributed by atoms with Crippen molar-refractivity contribution in [2.75, 3.05) is 32.8 Å². The molecule has 1 aliphatic rings. The van der Waals surface area contributed by atoms with Crippen molar-refractivity contribution in [3.8, 4) is 0 Å². The fraction of sp³-hybridized carbons (Fsp3) is 0.471. The highest BCUT2D eigenvalue weighted by Crippen LogP contribution is 2.25. The van der Waals surface area contributed by atoms with E-state index >= 15 is 0 Å². The van der Waals surface area contributed by atoms with Gasteiger partial charge in [-0.1, -0.05) is 13.0 Å². The molecule has 0 unspecified atom stereocenters. The van der Waals surface area contributed by atoms with Crippen LogP contribution in [0.15, 0.2) is 34.1 Å². The second-order valence-corrected chi connectivity index (χ2v) is 6.49. The van der Waals surface area contributed by atoms with E-state index in [1.807, 2.05) is 13.0 Å². The predicted octanol–water partition coefficient (Wildman–Crippen LogP) is 2.71. The zero-order valence-electron chi connectivity index (χ0n) is 13.3. The number of nitrogens with one attached hydrogen (secondary N) is 1. The number of carbonyl (C=O) groups excluding carboxylic acids is 1. The lowest BCUT2D eigenvalue weighted by atomic mass is 10.2. The van der Waals surface area contributed by atoms with Crippen LogP contribution in [0.3, 0.4) is 0 Å². The summed E-state index contributed by atoms with van der Waals surface area (Å²) < 4.78 is 11.0. The molecule has 2 aromatic rings. The summed E-state index contributed by atoms with van der Waals surface area (Å²) in [6, 6.07) is 7.95. The maximum atomic E-state index is 12.3. The first-order valence-electron chi connectivity index (χ1n) is 8.00. The molecule has 23 heavy (non-hydrogen) atoms. The topological polar surface area (TPSA) is 54.7 Å². The Morgan fingerprint density at radius 3 is 2.83 bits per heavy atom. The second kappa shape index (κ2) is 7.77. The minimum atomic E-state index is -0.153. The molecular formula is C17H22N2O3S. The third kappa shape index (κ3) is 4.02. The molecule has 2 aromatic heterocycles. The average Bonchev–Trinajstić information content (AvgIpc) is 3.27. The molecule has 1 atom stereocenters. The lowest BCUT2D eigenvalue weighted by Crippen LogP contribution is -2.43. The molecule has 0 aromatic carbocycles. The molecule has 1 fully saturated rings. The molecule has 0 radical (unpaired) electrons. The van der Waals surface area contributed by atoms with Crippen LogP contribution in [0.1, 0.15) is 34.2 Å². The monoisotopic (exact) mass is 334 g/mol. The summed E-state index contributed by atoms with van der Waals surface area (Å²) in [4.78, 5) is 15.9. The molecule has 0 aliphatic carbocycles. The quantitative estimate of drug-likeness (QED) is 0.882. The number of morpholine rings is 1. The van der Waals surface area contributed by atoms with E-state index in [4.69, 9.17) is 9.15 Å². The van der Waals surface area contributed by atoms with Crippen molar-refractivity contribution >= 4 is 17.2 Å². The van der Waals surface area contributed by atoms with Gasteiger partial charge in [-0.2, -0.15) is 0 Å². The second-order valence-electron chi connectivity index (χ2n) is 5.51. The largest absolute Gasteiger partial charge is 0.456 e. The van der Waals surface area contributed by atoms with Crippen molar-refractivity contribution in [3.05, 3.63) is 46.0 Å². The van der Waals surface area contributed by atoms with Gasteiger partial charge in [-0.05, 0) is 23.6 Å². The maximum absolute atomic E-state index is 12.3. The molecule has 0 bridgehead atoms. The standard InChI is InChI=1S/C17H22N2O3S/c1-2-13-5-6-15(22-13)17(20)18-12-14(16-4-3-11-23-16)19-7-9-21-10-8-19/h3-6,11,14H,2,7-10,12H2,1H3,(H,18,20)/t14-/m0/s1. The summed E-state index contributed by atoms with van der Waals surface area (Å²) in [5.74, 6) is 1.06. The van der Waals surface area contributed by atoms with Gasteiger partial charge in [-0.25, -0.2) is 0 Å². The minimum absolute atomic E-state index is 0.153. The number of aryl methyl sites for hydroxylation is 1. The highest BCUT2D eigenvalue weighted by atomic mass is 32.1.